The number of carbonyl (C=O) groups excluding carboxylic acids is 3. The van der Waals surface area contributed by atoms with Gasteiger partial charge in [0.05, 0.1) is 12.8 Å². The smallest absolute Gasteiger partial charge is 0.347 e. The van der Waals surface area contributed by atoms with Gasteiger partial charge in [-0.25, -0.2) is 4.79 Å². The van der Waals surface area contributed by atoms with Gasteiger partial charge < -0.3 is 19.5 Å². The molecular weight excluding hydrogens is 350 g/mol. The van der Waals surface area contributed by atoms with Gasteiger partial charge in [-0.3, -0.25) is 9.59 Å². The number of anilines is 1. The summed E-state index contributed by atoms with van der Waals surface area (Å²) in [5.41, 5.74) is 0.752. The Bertz CT molecular complexity index is 815. The number of esters is 1. The largest absolute Gasteiger partial charge is 0.497 e. The van der Waals surface area contributed by atoms with Crippen molar-refractivity contribution in [3.05, 3.63) is 54.1 Å². The van der Waals surface area contributed by atoms with Crippen molar-refractivity contribution in [2.75, 3.05) is 19.0 Å². The summed E-state index contributed by atoms with van der Waals surface area (Å²) in [4.78, 5) is 35.5. The molecule has 0 radical (unpaired) electrons. The van der Waals surface area contributed by atoms with Crippen LogP contribution in [0.2, 0.25) is 0 Å². The number of hydrogen-bond acceptors (Lipinski definition) is 6. The fraction of sp³-hybridized carbons (Fsp3) is 0.250. The van der Waals surface area contributed by atoms with E-state index in [-0.39, 0.29) is 5.78 Å². The lowest BCUT2D eigenvalue weighted by atomic mass is 10.1. The summed E-state index contributed by atoms with van der Waals surface area (Å²) in [6.45, 7) is 2.44. The third-order valence-electron chi connectivity index (χ3n) is 3.63. The van der Waals surface area contributed by atoms with E-state index in [0.717, 1.165) is 0 Å². The minimum Gasteiger partial charge on any atom is -0.497 e. The second kappa shape index (κ2) is 9.38. The van der Waals surface area contributed by atoms with Crippen LogP contribution in [0, 0.1) is 0 Å². The first kappa shape index (κ1) is 20.0. The van der Waals surface area contributed by atoms with Gasteiger partial charge in [0.15, 0.2) is 18.5 Å². The number of hydrogen-bond donors (Lipinski definition) is 1. The number of Topliss-reactive ketones (excluding diaryl/α,β-unsaturated/α-hetero) is 1. The van der Waals surface area contributed by atoms with Gasteiger partial charge in [0.2, 0.25) is 0 Å². The topological polar surface area (TPSA) is 90.9 Å². The zero-order chi connectivity index (χ0) is 19.8. The first-order chi connectivity index (χ1) is 12.9. The summed E-state index contributed by atoms with van der Waals surface area (Å²) in [6, 6.07) is 13.3. The van der Waals surface area contributed by atoms with Crippen molar-refractivity contribution < 1.29 is 28.6 Å². The first-order valence-electron chi connectivity index (χ1n) is 8.28. The zero-order valence-electron chi connectivity index (χ0n) is 15.4. The number of ether oxygens (including phenoxy) is 3. The van der Waals surface area contributed by atoms with E-state index < -0.39 is 24.6 Å². The van der Waals surface area contributed by atoms with Crippen LogP contribution in [0.15, 0.2) is 48.5 Å². The Kier molecular flexibility index (Phi) is 6.93. The summed E-state index contributed by atoms with van der Waals surface area (Å²) >= 11 is 0. The molecule has 142 valence electrons. The van der Waals surface area contributed by atoms with E-state index in [9.17, 15) is 14.4 Å². The highest BCUT2D eigenvalue weighted by Crippen LogP contribution is 2.18. The molecule has 0 aliphatic heterocycles. The highest BCUT2D eigenvalue weighted by atomic mass is 16.6. The quantitative estimate of drug-likeness (QED) is 0.567. The molecule has 1 unspecified atom stereocenters. The van der Waals surface area contributed by atoms with Crippen LogP contribution >= 0.6 is 0 Å². The number of para-hydroxylation sites is 1. The van der Waals surface area contributed by atoms with E-state index in [1.54, 1.807) is 55.6 Å². The fourth-order valence-electron chi connectivity index (χ4n) is 2.25. The summed E-state index contributed by atoms with van der Waals surface area (Å²) in [6.07, 6.45) is -0.893. The molecule has 7 nitrogen and oxygen atoms in total. The predicted octanol–water partition coefficient (Wildman–Crippen LogP) is 2.85. The third kappa shape index (κ3) is 5.85. The average molecular weight is 371 g/mol. The summed E-state index contributed by atoms with van der Waals surface area (Å²) in [5.74, 6) is -0.265. The Morgan fingerprint density at radius 3 is 2.26 bits per heavy atom. The van der Waals surface area contributed by atoms with Gasteiger partial charge in [-0.2, -0.15) is 0 Å². The Hall–Kier alpha value is -3.35. The van der Waals surface area contributed by atoms with Crippen molar-refractivity contribution in [1.29, 1.82) is 0 Å². The minimum absolute atomic E-state index is 0.176. The molecular formula is C20H21NO6. The predicted molar refractivity (Wildman–Crippen MR) is 99.1 cm³/mol. The molecule has 0 saturated carbocycles. The standard InChI is InChI=1S/C20H21NO6/c1-13(22)17-6-4-5-7-18(17)21-19(23)12-26-20(24)14(2)27-16-10-8-15(25-3)9-11-16/h4-11,14H,12H2,1-3H3,(H,21,23). The summed E-state index contributed by atoms with van der Waals surface area (Å²) in [5, 5.41) is 2.56. The molecule has 1 atom stereocenters. The lowest BCUT2D eigenvalue weighted by Gasteiger charge is -2.14. The van der Waals surface area contributed by atoms with Crippen LogP contribution in [-0.4, -0.2) is 37.5 Å². The molecule has 7 heteroatoms. The van der Waals surface area contributed by atoms with Gasteiger partial charge in [0.25, 0.3) is 5.91 Å². The van der Waals surface area contributed by atoms with E-state index in [4.69, 9.17) is 14.2 Å². The highest BCUT2D eigenvalue weighted by molar-refractivity contribution is 6.04. The van der Waals surface area contributed by atoms with Gasteiger partial charge >= 0.3 is 5.97 Å². The highest BCUT2D eigenvalue weighted by Gasteiger charge is 2.18. The van der Waals surface area contributed by atoms with Crippen molar-refractivity contribution in [2.24, 2.45) is 0 Å². The molecule has 0 bridgehead atoms. The molecule has 0 aliphatic rings. The van der Waals surface area contributed by atoms with E-state index in [0.29, 0.717) is 22.7 Å². The summed E-state index contributed by atoms with van der Waals surface area (Å²) in [7, 11) is 1.55. The number of amides is 1. The van der Waals surface area contributed by atoms with Crippen LogP contribution < -0.4 is 14.8 Å². The minimum atomic E-state index is -0.893. The van der Waals surface area contributed by atoms with Crippen molar-refractivity contribution in [1.82, 2.24) is 0 Å². The average Bonchev–Trinajstić information content (AvgIpc) is 2.66. The van der Waals surface area contributed by atoms with Crippen molar-refractivity contribution >= 4 is 23.3 Å². The molecule has 0 aliphatic carbocycles. The SMILES string of the molecule is COc1ccc(OC(C)C(=O)OCC(=O)Nc2ccccc2C(C)=O)cc1. The molecule has 2 aromatic carbocycles. The van der Waals surface area contributed by atoms with E-state index in [1.807, 2.05) is 0 Å². The molecule has 0 fully saturated rings. The monoisotopic (exact) mass is 371 g/mol. The number of methoxy groups -OCH3 is 1. The molecule has 1 N–H and O–H groups in total. The molecule has 1 amide bonds. The molecule has 27 heavy (non-hydrogen) atoms. The van der Waals surface area contributed by atoms with Gasteiger partial charge in [0, 0.05) is 5.56 Å². The second-order valence-electron chi connectivity index (χ2n) is 5.69. The van der Waals surface area contributed by atoms with Crippen molar-refractivity contribution in [3.63, 3.8) is 0 Å². The molecule has 0 spiro atoms. The zero-order valence-corrected chi connectivity index (χ0v) is 15.4. The Balaban J connectivity index is 1.85. The van der Waals surface area contributed by atoms with Gasteiger partial charge in [0.1, 0.15) is 11.5 Å². The molecule has 2 rings (SSSR count). The number of nitrogens with one attached hydrogen (secondary N) is 1. The van der Waals surface area contributed by atoms with Crippen LogP contribution in [0.1, 0.15) is 24.2 Å². The lowest BCUT2D eigenvalue weighted by Crippen LogP contribution is -2.30. The van der Waals surface area contributed by atoms with Gasteiger partial charge in [-0.15, -0.1) is 0 Å². The van der Waals surface area contributed by atoms with Crippen LogP contribution in [0.5, 0.6) is 11.5 Å². The normalized spacial score (nSPS) is 11.2. The van der Waals surface area contributed by atoms with Crippen molar-refractivity contribution in [3.8, 4) is 11.5 Å². The molecule has 0 aromatic heterocycles. The Morgan fingerprint density at radius 1 is 1.00 bits per heavy atom. The van der Waals surface area contributed by atoms with Crippen LogP contribution in [0.4, 0.5) is 5.69 Å². The Morgan fingerprint density at radius 2 is 1.63 bits per heavy atom. The lowest BCUT2D eigenvalue weighted by molar-refractivity contribution is -0.153. The molecule has 2 aromatic rings. The van der Waals surface area contributed by atoms with E-state index >= 15 is 0 Å². The number of carbonyl (C=O) groups is 3. The maximum Gasteiger partial charge on any atom is 0.347 e. The van der Waals surface area contributed by atoms with Crippen LogP contribution in [0.25, 0.3) is 0 Å². The Labute approximate surface area is 157 Å². The third-order valence-corrected chi connectivity index (χ3v) is 3.63. The van der Waals surface area contributed by atoms with Crippen molar-refractivity contribution in [2.45, 2.75) is 20.0 Å². The van der Waals surface area contributed by atoms with E-state index in [1.165, 1.54) is 13.8 Å². The maximum atomic E-state index is 12.0. The fourth-order valence-corrected chi connectivity index (χ4v) is 2.25. The first-order valence-corrected chi connectivity index (χ1v) is 8.28. The summed E-state index contributed by atoms with van der Waals surface area (Å²) < 4.78 is 15.5. The van der Waals surface area contributed by atoms with E-state index in [2.05, 4.69) is 5.32 Å². The second-order valence-corrected chi connectivity index (χ2v) is 5.69. The molecule has 0 heterocycles. The maximum absolute atomic E-state index is 12.0. The molecule has 0 saturated heterocycles. The van der Waals surface area contributed by atoms with Crippen LogP contribution in [0.3, 0.4) is 0 Å². The van der Waals surface area contributed by atoms with Crippen LogP contribution in [-0.2, 0) is 14.3 Å². The van der Waals surface area contributed by atoms with Gasteiger partial charge in [-0.05, 0) is 50.2 Å². The number of rotatable bonds is 8. The number of benzene rings is 2. The number of ketones is 1. The van der Waals surface area contributed by atoms with Gasteiger partial charge in [-0.1, -0.05) is 12.1 Å².